The van der Waals surface area contributed by atoms with Crippen LogP contribution in [0.5, 0.6) is 0 Å². The molecule has 2 aromatic rings. The first-order chi connectivity index (χ1) is 8.54. The summed E-state index contributed by atoms with van der Waals surface area (Å²) in [5, 5.41) is 4.56. The summed E-state index contributed by atoms with van der Waals surface area (Å²) >= 11 is 5.89. The number of hydrogen-bond donors (Lipinski definition) is 1. The molecule has 0 fully saturated rings. The number of halogens is 1. The minimum Gasteiger partial charge on any atom is -0.398 e. The SMILES string of the molecule is Cc1cc(CN(C)Cc2ccc(Cl)c(N)c2)no1. The molecule has 0 saturated carbocycles. The van der Waals surface area contributed by atoms with E-state index in [0.29, 0.717) is 10.7 Å². The van der Waals surface area contributed by atoms with E-state index in [9.17, 15) is 0 Å². The van der Waals surface area contributed by atoms with Gasteiger partial charge >= 0.3 is 0 Å². The average molecular weight is 266 g/mol. The lowest BCUT2D eigenvalue weighted by molar-refractivity contribution is 0.302. The molecule has 1 heterocycles. The van der Waals surface area contributed by atoms with Crippen LogP contribution in [0.2, 0.25) is 5.02 Å². The van der Waals surface area contributed by atoms with Gasteiger partial charge in [-0.2, -0.15) is 0 Å². The molecule has 0 amide bonds. The van der Waals surface area contributed by atoms with Crippen molar-refractivity contribution in [2.75, 3.05) is 12.8 Å². The fraction of sp³-hybridized carbons (Fsp3) is 0.308. The van der Waals surface area contributed by atoms with E-state index in [1.54, 1.807) is 0 Å². The zero-order valence-corrected chi connectivity index (χ0v) is 11.2. The summed E-state index contributed by atoms with van der Waals surface area (Å²) in [5.74, 6) is 0.828. The van der Waals surface area contributed by atoms with Gasteiger partial charge in [-0.1, -0.05) is 22.8 Å². The summed E-state index contributed by atoms with van der Waals surface area (Å²) < 4.78 is 5.04. The molecule has 5 heteroatoms. The monoisotopic (exact) mass is 265 g/mol. The van der Waals surface area contributed by atoms with E-state index < -0.39 is 0 Å². The van der Waals surface area contributed by atoms with Gasteiger partial charge < -0.3 is 10.3 Å². The topological polar surface area (TPSA) is 55.3 Å². The Kier molecular flexibility index (Phi) is 3.89. The van der Waals surface area contributed by atoms with E-state index in [-0.39, 0.29) is 0 Å². The summed E-state index contributed by atoms with van der Waals surface area (Å²) in [6.07, 6.45) is 0. The van der Waals surface area contributed by atoms with Crippen molar-refractivity contribution < 1.29 is 4.52 Å². The predicted molar refractivity (Wildman–Crippen MR) is 72.3 cm³/mol. The molecule has 2 rings (SSSR count). The van der Waals surface area contributed by atoms with E-state index in [4.69, 9.17) is 21.9 Å². The lowest BCUT2D eigenvalue weighted by atomic mass is 10.2. The van der Waals surface area contributed by atoms with Gasteiger partial charge in [0.25, 0.3) is 0 Å². The Hall–Kier alpha value is -1.52. The highest BCUT2D eigenvalue weighted by Gasteiger charge is 2.06. The summed E-state index contributed by atoms with van der Waals surface area (Å²) in [4.78, 5) is 2.14. The molecule has 1 aromatic carbocycles. The molecule has 96 valence electrons. The summed E-state index contributed by atoms with van der Waals surface area (Å²) in [6, 6.07) is 7.63. The highest BCUT2D eigenvalue weighted by Crippen LogP contribution is 2.20. The smallest absolute Gasteiger partial charge is 0.133 e. The van der Waals surface area contributed by atoms with Crippen LogP contribution in [0.25, 0.3) is 0 Å². The Morgan fingerprint density at radius 1 is 1.33 bits per heavy atom. The van der Waals surface area contributed by atoms with Crippen molar-refractivity contribution in [2.24, 2.45) is 0 Å². The van der Waals surface area contributed by atoms with Gasteiger partial charge in [0.05, 0.1) is 16.4 Å². The maximum Gasteiger partial charge on any atom is 0.133 e. The van der Waals surface area contributed by atoms with E-state index in [1.807, 2.05) is 38.2 Å². The van der Waals surface area contributed by atoms with Crippen LogP contribution in [0, 0.1) is 6.92 Å². The van der Waals surface area contributed by atoms with Gasteiger partial charge in [0, 0.05) is 19.2 Å². The summed E-state index contributed by atoms with van der Waals surface area (Å²) in [7, 11) is 2.02. The maximum atomic E-state index is 5.89. The first-order valence-electron chi connectivity index (χ1n) is 5.69. The predicted octanol–water partition coefficient (Wildman–Crippen LogP) is 2.85. The minimum atomic E-state index is 0.591. The first kappa shape index (κ1) is 12.9. The molecule has 0 atom stereocenters. The van der Waals surface area contributed by atoms with Crippen molar-refractivity contribution in [2.45, 2.75) is 20.0 Å². The Morgan fingerprint density at radius 2 is 2.11 bits per heavy atom. The van der Waals surface area contributed by atoms with Crippen molar-refractivity contribution in [1.82, 2.24) is 10.1 Å². The number of hydrogen-bond acceptors (Lipinski definition) is 4. The van der Waals surface area contributed by atoms with Crippen molar-refractivity contribution in [3.8, 4) is 0 Å². The number of aromatic nitrogens is 1. The molecular weight excluding hydrogens is 250 g/mol. The standard InChI is InChI=1S/C13H16ClN3O/c1-9-5-11(16-18-9)8-17(2)7-10-3-4-12(14)13(15)6-10/h3-6H,7-8,15H2,1-2H3. The highest BCUT2D eigenvalue weighted by atomic mass is 35.5. The van der Waals surface area contributed by atoms with E-state index in [2.05, 4.69) is 10.1 Å². The largest absolute Gasteiger partial charge is 0.398 e. The number of rotatable bonds is 4. The van der Waals surface area contributed by atoms with Gasteiger partial charge in [0.1, 0.15) is 5.76 Å². The lowest BCUT2D eigenvalue weighted by Crippen LogP contribution is -2.17. The van der Waals surface area contributed by atoms with Crippen LogP contribution < -0.4 is 5.73 Å². The van der Waals surface area contributed by atoms with Crippen LogP contribution >= 0.6 is 11.6 Å². The van der Waals surface area contributed by atoms with Crippen LogP contribution in [0.1, 0.15) is 17.0 Å². The number of benzene rings is 1. The van der Waals surface area contributed by atoms with Gasteiger partial charge in [0.15, 0.2) is 0 Å². The van der Waals surface area contributed by atoms with Gasteiger partial charge in [-0.25, -0.2) is 0 Å². The number of aryl methyl sites for hydroxylation is 1. The summed E-state index contributed by atoms with van der Waals surface area (Å²) in [6.45, 7) is 3.41. The van der Waals surface area contributed by atoms with E-state index in [0.717, 1.165) is 30.1 Å². The molecule has 0 unspecified atom stereocenters. The van der Waals surface area contributed by atoms with Crippen molar-refractivity contribution in [1.29, 1.82) is 0 Å². The first-order valence-corrected chi connectivity index (χ1v) is 6.07. The summed E-state index contributed by atoms with van der Waals surface area (Å²) in [5.41, 5.74) is 8.44. The second kappa shape index (κ2) is 5.42. The quantitative estimate of drug-likeness (QED) is 0.864. The van der Waals surface area contributed by atoms with Crippen LogP contribution in [-0.4, -0.2) is 17.1 Å². The third-order valence-corrected chi connectivity index (χ3v) is 2.97. The van der Waals surface area contributed by atoms with Gasteiger partial charge in [-0.05, 0) is 31.7 Å². The van der Waals surface area contributed by atoms with Crippen molar-refractivity contribution in [3.05, 3.63) is 46.3 Å². The molecule has 18 heavy (non-hydrogen) atoms. The Bertz CT molecular complexity index is 539. The van der Waals surface area contributed by atoms with Gasteiger partial charge in [-0.15, -0.1) is 0 Å². The fourth-order valence-electron chi connectivity index (χ4n) is 1.83. The normalized spacial score (nSPS) is 11.1. The molecule has 0 bridgehead atoms. The Labute approximate surface area is 111 Å². The Balaban J connectivity index is 1.98. The molecule has 0 radical (unpaired) electrons. The van der Waals surface area contributed by atoms with Crippen molar-refractivity contribution >= 4 is 17.3 Å². The zero-order valence-electron chi connectivity index (χ0n) is 10.5. The molecule has 0 saturated heterocycles. The second-order valence-corrected chi connectivity index (χ2v) is 4.86. The van der Waals surface area contributed by atoms with Gasteiger partial charge in [-0.3, -0.25) is 4.90 Å². The number of nitrogen functional groups attached to an aromatic ring is 1. The van der Waals surface area contributed by atoms with Gasteiger partial charge in [0.2, 0.25) is 0 Å². The average Bonchev–Trinajstić information content (AvgIpc) is 2.69. The zero-order chi connectivity index (χ0) is 13.1. The molecular formula is C13H16ClN3O. The van der Waals surface area contributed by atoms with Crippen LogP contribution in [0.4, 0.5) is 5.69 Å². The van der Waals surface area contributed by atoms with Crippen LogP contribution in [0.3, 0.4) is 0 Å². The molecule has 0 spiro atoms. The second-order valence-electron chi connectivity index (χ2n) is 4.46. The number of nitrogens with zero attached hydrogens (tertiary/aromatic N) is 2. The van der Waals surface area contributed by atoms with E-state index in [1.165, 1.54) is 0 Å². The molecule has 0 aliphatic rings. The van der Waals surface area contributed by atoms with Crippen molar-refractivity contribution in [3.63, 3.8) is 0 Å². The third-order valence-electron chi connectivity index (χ3n) is 2.62. The fourth-order valence-corrected chi connectivity index (χ4v) is 1.95. The minimum absolute atomic E-state index is 0.591. The number of anilines is 1. The highest BCUT2D eigenvalue weighted by molar-refractivity contribution is 6.33. The maximum absolute atomic E-state index is 5.89. The molecule has 1 aromatic heterocycles. The lowest BCUT2D eigenvalue weighted by Gasteiger charge is -2.15. The number of nitrogens with two attached hydrogens (primary N) is 1. The van der Waals surface area contributed by atoms with Crippen LogP contribution in [0.15, 0.2) is 28.8 Å². The van der Waals surface area contributed by atoms with Crippen LogP contribution in [-0.2, 0) is 13.1 Å². The third kappa shape index (κ3) is 3.24. The molecule has 4 nitrogen and oxygen atoms in total. The molecule has 2 N–H and O–H groups in total. The molecule has 0 aliphatic heterocycles. The van der Waals surface area contributed by atoms with E-state index >= 15 is 0 Å². The Morgan fingerprint density at radius 3 is 2.72 bits per heavy atom. The molecule has 0 aliphatic carbocycles.